The van der Waals surface area contributed by atoms with Crippen LogP contribution in [0.15, 0.2) is 18.5 Å². The van der Waals surface area contributed by atoms with Gasteiger partial charge in [0.2, 0.25) is 0 Å². The molecule has 102 valence electrons. The van der Waals surface area contributed by atoms with Crippen molar-refractivity contribution >= 4 is 22.7 Å². The third-order valence-electron chi connectivity index (χ3n) is 2.35. The molecule has 0 saturated heterocycles. The second-order valence-corrected chi connectivity index (χ2v) is 5.17. The summed E-state index contributed by atoms with van der Waals surface area (Å²) in [6.45, 7) is 2.23. The Hall–Kier alpha value is -1.83. The van der Waals surface area contributed by atoms with Gasteiger partial charge in [-0.05, 0) is 13.0 Å². The molecule has 0 aliphatic carbocycles. The fraction of sp³-hybridized carbons (Fsp3) is 0.273. The van der Waals surface area contributed by atoms with Gasteiger partial charge in [-0.1, -0.05) is 0 Å². The van der Waals surface area contributed by atoms with Crippen molar-refractivity contribution in [2.24, 2.45) is 0 Å². The van der Waals surface area contributed by atoms with Crippen LogP contribution in [0.1, 0.15) is 15.6 Å². The summed E-state index contributed by atoms with van der Waals surface area (Å²) >= 11 is 1.47. The number of rotatable bonds is 3. The average Bonchev–Trinajstić information content (AvgIpc) is 2.72. The molecule has 2 rings (SSSR count). The highest BCUT2D eigenvalue weighted by molar-refractivity contribution is 7.11. The number of nitrogens with one attached hydrogen (secondary N) is 1. The Balaban J connectivity index is 2.15. The Morgan fingerprint density at radius 2 is 2.05 bits per heavy atom. The summed E-state index contributed by atoms with van der Waals surface area (Å²) in [5, 5.41) is 3.76. The van der Waals surface area contributed by atoms with E-state index in [2.05, 4.69) is 15.3 Å². The number of alkyl halides is 3. The topological polar surface area (TPSA) is 63.8 Å². The molecule has 2 heterocycles. The number of hydrogen-bond donors (Lipinski definition) is 2. The van der Waals surface area contributed by atoms with Crippen LogP contribution in [0, 0.1) is 6.92 Å². The summed E-state index contributed by atoms with van der Waals surface area (Å²) < 4.78 is 37.6. The van der Waals surface area contributed by atoms with Gasteiger partial charge in [-0.25, -0.2) is 9.97 Å². The number of nitrogen functional groups attached to an aromatic ring is 1. The minimum atomic E-state index is -4.48. The first-order valence-corrected chi connectivity index (χ1v) is 6.16. The van der Waals surface area contributed by atoms with Gasteiger partial charge in [0.25, 0.3) is 0 Å². The molecule has 0 atom stereocenters. The summed E-state index contributed by atoms with van der Waals surface area (Å²) in [4.78, 5) is 8.25. The normalized spacial score (nSPS) is 11.6. The van der Waals surface area contributed by atoms with Gasteiger partial charge in [0, 0.05) is 11.1 Å². The standard InChI is InChI=1S/C11H11F3N4S/c1-6-16-3-7(19-6)4-17-9-2-10(11(12,13)14)18-5-8(9)15/h2-3,5H,4,15H2,1H3,(H,17,18). The van der Waals surface area contributed by atoms with Crippen molar-refractivity contribution in [3.8, 4) is 0 Å². The van der Waals surface area contributed by atoms with Crippen LogP contribution in [0.5, 0.6) is 0 Å². The van der Waals surface area contributed by atoms with Gasteiger partial charge >= 0.3 is 6.18 Å². The molecule has 4 nitrogen and oxygen atoms in total. The molecule has 2 aromatic heterocycles. The maximum atomic E-state index is 12.5. The molecule has 0 unspecified atom stereocenters. The first-order chi connectivity index (χ1) is 8.86. The van der Waals surface area contributed by atoms with E-state index >= 15 is 0 Å². The minimum Gasteiger partial charge on any atom is -0.396 e. The third kappa shape index (κ3) is 3.34. The molecule has 8 heteroatoms. The predicted octanol–water partition coefficient (Wildman–Crippen LogP) is 3.06. The van der Waals surface area contributed by atoms with Crippen LogP contribution in [0.3, 0.4) is 0 Å². The van der Waals surface area contributed by atoms with Gasteiger partial charge in [0.15, 0.2) is 0 Å². The van der Waals surface area contributed by atoms with E-state index in [1.165, 1.54) is 11.3 Å². The Morgan fingerprint density at radius 1 is 1.32 bits per heavy atom. The third-order valence-corrected chi connectivity index (χ3v) is 3.26. The molecule has 0 aliphatic rings. The number of anilines is 2. The average molecular weight is 288 g/mol. The number of aryl methyl sites for hydroxylation is 1. The summed E-state index contributed by atoms with van der Waals surface area (Å²) in [6, 6.07) is 0.906. The molecule has 3 N–H and O–H groups in total. The quantitative estimate of drug-likeness (QED) is 0.911. The molecule has 19 heavy (non-hydrogen) atoms. The SMILES string of the molecule is Cc1ncc(CNc2cc(C(F)(F)F)ncc2N)s1. The maximum Gasteiger partial charge on any atom is 0.433 e. The molecule has 0 spiro atoms. The molecule has 0 aromatic carbocycles. The van der Waals surface area contributed by atoms with E-state index in [-0.39, 0.29) is 11.4 Å². The Labute approximate surface area is 111 Å². The van der Waals surface area contributed by atoms with Crippen LogP contribution in [-0.2, 0) is 12.7 Å². The van der Waals surface area contributed by atoms with Crippen LogP contribution < -0.4 is 11.1 Å². The fourth-order valence-corrected chi connectivity index (χ4v) is 2.18. The fourth-order valence-electron chi connectivity index (χ4n) is 1.44. The van der Waals surface area contributed by atoms with Gasteiger partial charge in [-0.2, -0.15) is 13.2 Å². The number of aromatic nitrogens is 2. The molecule has 0 saturated carbocycles. The second-order valence-electron chi connectivity index (χ2n) is 3.85. The summed E-state index contributed by atoms with van der Waals surface area (Å²) in [6.07, 6.45) is -1.80. The van der Waals surface area contributed by atoms with Crippen molar-refractivity contribution in [2.75, 3.05) is 11.1 Å². The second kappa shape index (κ2) is 5.04. The monoisotopic (exact) mass is 288 g/mol. The number of thiazole rings is 1. The Kier molecular flexibility index (Phi) is 3.61. The molecule has 0 bridgehead atoms. The van der Waals surface area contributed by atoms with Gasteiger partial charge in [0.1, 0.15) is 5.69 Å². The summed E-state index contributed by atoms with van der Waals surface area (Å²) in [7, 11) is 0. The molecular weight excluding hydrogens is 277 g/mol. The van der Waals surface area contributed by atoms with E-state index < -0.39 is 11.9 Å². The number of nitrogens with two attached hydrogens (primary N) is 1. The van der Waals surface area contributed by atoms with Crippen LogP contribution >= 0.6 is 11.3 Å². The lowest BCUT2D eigenvalue weighted by atomic mass is 10.2. The molecule has 0 radical (unpaired) electrons. The number of pyridine rings is 1. The van der Waals surface area contributed by atoms with Crippen molar-refractivity contribution in [2.45, 2.75) is 19.6 Å². The van der Waals surface area contributed by atoms with E-state index in [0.717, 1.165) is 22.1 Å². The van der Waals surface area contributed by atoms with E-state index in [1.807, 2.05) is 6.92 Å². The van der Waals surface area contributed by atoms with Crippen molar-refractivity contribution < 1.29 is 13.2 Å². The zero-order valence-corrected chi connectivity index (χ0v) is 10.8. The number of hydrogen-bond acceptors (Lipinski definition) is 5. The molecule has 0 amide bonds. The molecule has 0 fully saturated rings. The Morgan fingerprint density at radius 3 is 2.63 bits per heavy atom. The smallest absolute Gasteiger partial charge is 0.396 e. The van der Waals surface area contributed by atoms with E-state index in [0.29, 0.717) is 6.54 Å². The zero-order chi connectivity index (χ0) is 14.0. The van der Waals surface area contributed by atoms with E-state index in [1.54, 1.807) is 6.20 Å². The van der Waals surface area contributed by atoms with Gasteiger partial charge in [-0.15, -0.1) is 11.3 Å². The van der Waals surface area contributed by atoms with Gasteiger partial charge in [-0.3, -0.25) is 0 Å². The van der Waals surface area contributed by atoms with Gasteiger partial charge in [0.05, 0.1) is 29.1 Å². The molecule has 0 aliphatic heterocycles. The summed E-state index contributed by atoms with van der Waals surface area (Å²) in [5.41, 5.74) is 5.02. The lowest BCUT2D eigenvalue weighted by molar-refractivity contribution is -0.141. The van der Waals surface area contributed by atoms with Crippen molar-refractivity contribution in [1.82, 2.24) is 9.97 Å². The van der Waals surface area contributed by atoms with E-state index in [4.69, 9.17) is 5.73 Å². The highest BCUT2D eigenvalue weighted by Crippen LogP contribution is 2.31. The lowest BCUT2D eigenvalue weighted by Crippen LogP contribution is -2.10. The maximum absolute atomic E-state index is 12.5. The zero-order valence-electron chi connectivity index (χ0n) is 9.95. The number of halogens is 3. The minimum absolute atomic E-state index is 0.175. The molecule has 2 aromatic rings. The summed E-state index contributed by atoms with van der Waals surface area (Å²) in [5.74, 6) is 0. The van der Waals surface area contributed by atoms with Crippen molar-refractivity contribution in [3.63, 3.8) is 0 Å². The Bertz CT molecular complexity index is 580. The highest BCUT2D eigenvalue weighted by atomic mass is 32.1. The largest absolute Gasteiger partial charge is 0.433 e. The first kappa shape index (κ1) is 13.6. The number of nitrogens with zero attached hydrogens (tertiary/aromatic N) is 2. The van der Waals surface area contributed by atoms with Crippen LogP contribution in [0.25, 0.3) is 0 Å². The molecular formula is C11H11F3N4S. The van der Waals surface area contributed by atoms with Crippen LogP contribution in [-0.4, -0.2) is 9.97 Å². The van der Waals surface area contributed by atoms with Gasteiger partial charge < -0.3 is 11.1 Å². The van der Waals surface area contributed by atoms with E-state index in [9.17, 15) is 13.2 Å². The van der Waals surface area contributed by atoms with Crippen LogP contribution in [0.2, 0.25) is 0 Å². The predicted molar refractivity (Wildman–Crippen MR) is 67.8 cm³/mol. The van der Waals surface area contributed by atoms with Crippen molar-refractivity contribution in [1.29, 1.82) is 0 Å². The van der Waals surface area contributed by atoms with Crippen molar-refractivity contribution in [3.05, 3.63) is 34.0 Å². The highest BCUT2D eigenvalue weighted by Gasteiger charge is 2.32. The first-order valence-electron chi connectivity index (χ1n) is 5.34. The lowest BCUT2D eigenvalue weighted by Gasteiger charge is -2.11. The van der Waals surface area contributed by atoms with Crippen LogP contribution in [0.4, 0.5) is 24.5 Å².